The largest absolute Gasteiger partial charge is 0.339 e. The normalized spacial score (nSPS) is 35.5. The molecule has 20 heavy (non-hydrogen) atoms. The zero-order valence-corrected chi connectivity index (χ0v) is 12.2. The fraction of sp³-hybridized carbons (Fsp3) is 0.867. The zero-order valence-electron chi connectivity index (χ0n) is 12.2. The molecule has 1 aromatic heterocycles. The molecule has 4 rings (SSSR count). The number of hydrogen-bond donors (Lipinski definition) is 1. The molecule has 2 unspecified atom stereocenters. The third kappa shape index (κ3) is 2.17. The van der Waals surface area contributed by atoms with Crippen molar-refractivity contribution in [1.82, 2.24) is 20.4 Å². The third-order valence-corrected chi connectivity index (χ3v) is 5.61. The minimum Gasteiger partial charge on any atom is -0.339 e. The average molecular weight is 276 g/mol. The van der Waals surface area contributed by atoms with Gasteiger partial charge in [0.15, 0.2) is 5.82 Å². The van der Waals surface area contributed by atoms with Crippen molar-refractivity contribution in [2.75, 3.05) is 20.1 Å². The van der Waals surface area contributed by atoms with E-state index in [1.54, 1.807) is 0 Å². The second kappa shape index (κ2) is 5.11. The predicted molar refractivity (Wildman–Crippen MR) is 75.7 cm³/mol. The molecule has 5 heteroatoms. The van der Waals surface area contributed by atoms with Gasteiger partial charge in [0.1, 0.15) is 0 Å². The van der Waals surface area contributed by atoms with Gasteiger partial charge in [0, 0.05) is 23.9 Å². The molecule has 3 saturated heterocycles. The van der Waals surface area contributed by atoms with Crippen LogP contribution in [-0.4, -0.2) is 47.3 Å². The molecule has 0 saturated carbocycles. The van der Waals surface area contributed by atoms with Crippen molar-refractivity contribution in [3.05, 3.63) is 11.7 Å². The quantitative estimate of drug-likeness (QED) is 0.894. The summed E-state index contributed by atoms with van der Waals surface area (Å²) >= 11 is 0. The SMILES string of the molecule is CN1C2CCC1CC(c1noc(C3CCNCC3)n1)C2. The van der Waals surface area contributed by atoms with Crippen LogP contribution in [0.25, 0.3) is 0 Å². The molecular formula is C15H24N4O. The van der Waals surface area contributed by atoms with Crippen LogP contribution in [0.3, 0.4) is 0 Å². The minimum atomic E-state index is 0.473. The van der Waals surface area contributed by atoms with Crippen LogP contribution in [0, 0.1) is 0 Å². The van der Waals surface area contributed by atoms with Crippen molar-refractivity contribution >= 4 is 0 Å². The van der Waals surface area contributed by atoms with Gasteiger partial charge in [-0.25, -0.2) is 0 Å². The van der Waals surface area contributed by atoms with Gasteiger partial charge in [0.05, 0.1) is 0 Å². The Morgan fingerprint density at radius 3 is 2.45 bits per heavy atom. The molecule has 1 N–H and O–H groups in total. The highest BCUT2D eigenvalue weighted by atomic mass is 16.5. The number of hydrogen-bond acceptors (Lipinski definition) is 5. The average Bonchev–Trinajstić information content (AvgIpc) is 3.03. The summed E-state index contributed by atoms with van der Waals surface area (Å²) in [6, 6.07) is 1.47. The summed E-state index contributed by atoms with van der Waals surface area (Å²) in [5.41, 5.74) is 0. The number of rotatable bonds is 2. The molecule has 0 aromatic carbocycles. The predicted octanol–water partition coefficient (Wildman–Crippen LogP) is 1.88. The van der Waals surface area contributed by atoms with Gasteiger partial charge in [-0.05, 0) is 58.7 Å². The Hall–Kier alpha value is -0.940. The summed E-state index contributed by atoms with van der Waals surface area (Å²) in [5, 5.41) is 7.70. The molecule has 2 atom stereocenters. The lowest BCUT2D eigenvalue weighted by atomic mass is 9.90. The topological polar surface area (TPSA) is 54.2 Å². The first-order valence-electron chi connectivity index (χ1n) is 8.07. The van der Waals surface area contributed by atoms with Crippen LogP contribution in [0.1, 0.15) is 62.1 Å². The van der Waals surface area contributed by atoms with E-state index in [1.165, 1.54) is 25.7 Å². The maximum absolute atomic E-state index is 5.57. The molecule has 4 heterocycles. The fourth-order valence-corrected chi connectivity index (χ4v) is 4.27. The second-order valence-corrected chi connectivity index (χ2v) is 6.73. The maximum atomic E-state index is 5.57. The Morgan fingerprint density at radius 2 is 1.75 bits per heavy atom. The van der Waals surface area contributed by atoms with Crippen LogP contribution in [0.4, 0.5) is 0 Å². The number of nitrogens with zero attached hydrogens (tertiary/aromatic N) is 3. The van der Waals surface area contributed by atoms with E-state index in [1.807, 2.05) is 0 Å². The van der Waals surface area contributed by atoms with E-state index >= 15 is 0 Å². The summed E-state index contributed by atoms with van der Waals surface area (Å²) in [6.07, 6.45) is 7.35. The van der Waals surface area contributed by atoms with Crippen LogP contribution in [0.5, 0.6) is 0 Å². The van der Waals surface area contributed by atoms with Crippen molar-refractivity contribution < 1.29 is 4.52 Å². The summed E-state index contributed by atoms with van der Waals surface area (Å²) < 4.78 is 5.57. The number of aromatic nitrogens is 2. The van der Waals surface area contributed by atoms with Gasteiger partial charge < -0.3 is 14.7 Å². The lowest BCUT2D eigenvalue weighted by molar-refractivity contribution is 0.157. The van der Waals surface area contributed by atoms with Crippen LogP contribution in [0.2, 0.25) is 0 Å². The van der Waals surface area contributed by atoms with Gasteiger partial charge in [-0.1, -0.05) is 5.16 Å². The molecule has 3 fully saturated rings. The van der Waals surface area contributed by atoms with Gasteiger partial charge in [-0.15, -0.1) is 0 Å². The van der Waals surface area contributed by atoms with E-state index in [2.05, 4.69) is 22.4 Å². The number of fused-ring (bicyclic) bond motifs is 2. The van der Waals surface area contributed by atoms with Gasteiger partial charge in [0.2, 0.25) is 5.89 Å². The summed E-state index contributed by atoms with van der Waals surface area (Å²) in [5.74, 6) is 2.85. The molecule has 0 amide bonds. The molecule has 2 bridgehead atoms. The van der Waals surface area contributed by atoms with E-state index in [0.717, 1.165) is 49.7 Å². The highest BCUT2D eigenvalue weighted by Crippen LogP contribution is 2.41. The van der Waals surface area contributed by atoms with E-state index in [9.17, 15) is 0 Å². The molecular weight excluding hydrogens is 252 g/mol. The van der Waals surface area contributed by atoms with Crippen LogP contribution >= 0.6 is 0 Å². The first kappa shape index (κ1) is 12.8. The van der Waals surface area contributed by atoms with Crippen molar-refractivity contribution in [2.24, 2.45) is 0 Å². The van der Waals surface area contributed by atoms with Crippen molar-refractivity contribution in [1.29, 1.82) is 0 Å². The molecule has 0 aliphatic carbocycles. The van der Waals surface area contributed by atoms with E-state index < -0.39 is 0 Å². The standard InChI is InChI=1S/C15H24N4O/c1-19-12-2-3-13(19)9-11(8-12)14-17-15(20-18-14)10-4-6-16-7-5-10/h10-13,16H,2-9H2,1H3. The highest BCUT2D eigenvalue weighted by Gasteiger charge is 2.40. The van der Waals surface area contributed by atoms with E-state index in [0.29, 0.717) is 11.8 Å². The molecule has 3 aliphatic rings. The lowest BCUT2D eigenvalue weighted by Gasteiger charge is -2.34. The molecule has 5 nitrogen and oxygen atoms in total. The van der Waals surface area contributed by atoms with Crippen LogP contribution < -0.4 is 5.32 Å². The Labute approximate surface area is 120 Å². The molecule has 3 aliphatic heterocycles. The molecule has 1 aromatic rings. The zero-order chi connectivity index (χ0) is 13.5. The Bertz CT molecular complexity index is 454. The second-order valence-electron chi connectivity index (χ2n) is 6.73. The molecule has 0 radical (unpaired) electrons. The van der Waals surface area contributed by atoms with Crippen molar-refractivity contribution in [2.45, 2.75) is 62.4 Å². The van der Waals surface area contributed by atoms with Gasteiger partial charge in [0.25, 0.3) is 0 Å². The van der Waals surface area contributed by atoms with Crippen molar-refractivity contribution in [3.63, 3.8) is 0 Å². The van der Waals surface area contributed by atoms with Gasteiger partial charge in [-0.2, -0.15) is 4.98 Å². The first-order chi connectivity index (χ1) is 9.81. The fourth-order valence-electron chi connectivity index (χ4n) is 4.27. The summed E-state index contributed by atoms with van der Waals surface area (Å²) in [7, 11) is 2.27. The van der Waals surface area contributed by atoms with Crippen molar-refractivity contribution in [3.8, 4) is 0 Å². The third-order valence-electron chi connectivity index (χ3n) is 5.61. The van der Waals surface area contributed by atoms with Crippen LogP contribution in [0.15, 0.2) is 4.52 Å². The van der Waals surface area contributed by atoms with E-state index in [4.69, 9.17) is 9.51 Å². The lowest BCUT2D eigenvalue weighted by Crippen LogP contribution is -2.39. The Kier molecular flexibility index (Phi) is 3.27. The monoisotopic (exact) mass is 276 g/mol. The van der Waals surface area contributed by atoms with Gasteiger partial charge >= 0.3 is 0 Å². The first-order valence-corrected chi connectivity index (χ1v) is 8.07. The molecule has 0 spiro atoms. The summed E-state index contributed by atoms with van der Waals surface area (Å²) in [4.78, 5) is 7.32. The Balaban J connectivity index is 1.48. The number of nitrogens with one attached hydrogen (secondary N) is 1. The van der Waals surface area contributed by atoms with Gasteiger partial charge in [-0.3, -0.25) is 0 Å². The van der Waals surface area contributed by atoms with E-state index in [-0.39, 0.29) is 0 Å². The molecule has 110 valence electrons. The van der Waals surface area contributed by atoms with Crippen LogP contribution in [-0.2, 0) is 0 Å². The number of piperidine rings is 2. The Morgan fingerprint density at radius 1 is 1.05 bits per heavy atom. The summed E-state index contributed by atoms with van der Waals surface area (Å²) in [6.45, 7) is 2.14. The highest BCUT2D eigenvalue weighted by molar-refractivity contribution is 5.07. The smallest absolute Gasteiger partial charge is 0.229 e. The maximum Gasteiger partial charge on any atom is 0.229 e. The minimum absolute atomic E-state index is 0.473.